The summed E-state index contributed by atoms with van der Waals surface area (Å²) in [5.74, 6) is 0. The van der Waals surface area contributed by atoms with Gasteiger partial charge in [0.1, 0.15) is 0 Å². The molecular weight excluding hydrogens is 806 g/mol. The van der Waals surface area contributed by atoms with Crippen LogP contribution in [0.25, 0.3) is 0 Å². The second-order valence-corrected chi connectivity index (χ2v) is 18.1. The predicted octanol–water partition coefficient (Wildman–Crippen LogP) is 5.29. The molecule has 3 aromatic carbocycles. The molecule has 1 heterocycles. The number of halogens is 1. The molecule has 0 spiro atoms. The van der Waals surface area contributed by atoms with Gasteiger partial charge in [-0.2, -0.15) is 0 Å². The first-order chi connectivity index (χ1) is 26.4. The lowest BCUT2D eigenvalue weighted by atomic mass is 10.2. The van der Waals surface area contributed by atoms with Crippen LogP contribution < -0.4 is 30.2 Å². The molecule has 3 aromatic rings. The van der Waals surface area contributed by atoms with Gasteiger partial charge in [-0.25, -0.2) is 58.8 Å². The number of rotatable bonds is 12. The minimum atomic E-state index is -3.83. The summed E-state index contributed by atoms with van der Waals surface area (Å²) in [6, 6.07) is 16.1. The summed E-state index contributed by atoms with van der Waals surface area (Å²) < 4.78 is 77.1. The molecule has 1 saturated heterocycles. The topological polar surface area (TPSA) is 229 Å². The molecule has 56 heavy (non-hydrogen) atoms. The van der Waals surface area contributed by atoms with Gasteiger partial charge in [0.25, 0.3) is 30.1 Å². The van der Waals surface area contributed by atoms with Gasteiger partial charge in [0.2, 0.25) is 0 Å². The quantitative estimate of drug-likeness (QED) is 0.129. The summed E-state index contributed by atoms with van der Waals surface area (Å²) in [5, 5.41) is 7.11. The number of aryl methyl sites for hydroxylation is 2. The summed E-state index contributed by atoms with van der Waals surface area (Å²) in [6.07, 6.45) is 6.77. The molecule has 16 nitrogen and oxygen atoms in total. The van der Waals surface area contributed by atoms with Gasteiger partial charge in [0, 0.05) is 31.2 Å². The molecule has 0 radical (unpaired) electrons. The van der Waals surface area contributed by atoms with E-state index in [0.29, 0.717) is 18.1 Å². The fourth-order valence-electron chi connectivity index (χ4n) is 4.63. The van der Waals surface area contributed by atoms with Crippen molar-refractivity contribution in [3.63, 3.8) is 0 Å². The predicted molar refractivity (Wildman–Crippen MR) is 215 cm³/mol. The Labute approximate surface area is 335 Å². The van der Waals surface area contributed by atoms with Crippen molar-refractivity contribution in [3.8, 4) is 0 Å². The Morgan fingerprint density at radius 3 is 1.32 bits per heavy atom. The van der Waals surface area contributed by atoms with Gasteiger partial charge in [-0.1, -0.05) is 80.1 Å². The van der Waals surface area contributed by atoms with Crippen molar-refractivity contribution in [2.45, 2.75) is 87.3 Å². The number of hydrogen-bond donors (Lipinski definition) is 6. The molecule has 310 valence electrons. The standard InChI is InChI=1S/C14H21N3O3S.C12H18N2O3S.C10H13ClN2O3S/c1-12-6-8-13(9-7-12)21(19,20)16-14(18)15-17-10-4-2-3-5-11-17;1-3-4-9-13-12(15)14-18(16,17)11-7-5-10(2)6-8-11;1-2-7-12-10(14)13-17(15,16)9-5-3-8(11)4-6-9/h6-9H,2-5,10-11H2,1H3,(H2,15,16,18);5-8H,3-4,9H2,1-2H3,(H2,13,14,15);3-6H,2,7H2,1H3,(H2,12,13,14). The van der Waals surface area contributed by atoms with E-state index in [1.54, 1.807) is 29.3 Å². The zero-order valence-electron chi connectivity index (χ0n) is 31.9. The molecule has 0 aliphatic carbocycles. The number of carbonyl (C=O) groups is 3. The first-order valence-electron chi connectivity index (χ1n) is 18.0. The number of nitrogens with zero attached hydrogens (tertiary/aromatic N) is 1. The van der Waals surface area contributed by atoms with Crippen molar-refractivity contribution in [1.82, 2.24) is 35.2 Å². The third-order valence-corrected chi connectivity index (χ3v) is 12.0. The highest BCUT2D eigenvalue weighted by Crippen LogP contribution is 2.14. The molecule has 6 amide bonds. The third-order valence-electron chi connectivity index (χ3n) is 7.68. The van der Waals surface area contributed by atoms with Crippen LogP contribution in [0.4, 0.5) is 14.4 Å². The monoisotopic (exact) mass is 857 g/mol. The summed E-state index contributed by atoms with van der Waals surface area (Å²) in [4.78, 5) is 34.6. The Kier molecular flexibility index (Phi) is 20.1. The lowest BCUT2D eigenvalue weighted by Crippen LogP contribution is -2.49. The average Bonchev–Trinajstić information content (AvgIpc) is 3.40. The number of unbranched alkanes of at least 4 members (excludes halogenated alkanes) is 1. The number of carbonyl (C=O) groups excluding carboxylic acids is 3. The van der Waals surface area contributed by atoms with E-state index in [1.807, 2.05) is 41.9 Å². The van der Waals surface area contributed by atoms with E-state index in [9.17, 15) is 39.6 Å². The highest BCUT2D eigenvalue weighted by Gasteiger charge is 2.20. The van der Waals surface area contributed by atoms with Crippen molar-refractivity contribution in [2.75, 3.05) is 26.2 Å². The van der Waals surface area contributed by atoms with Crippen LogP contribution in [-0.4, -0.2) is 74.5 Å². The van der Waals surface area contributed by atoms with Crippen molar-refractivity contribution in [2.24, 2.45) is 0 Å². The number of urea groups is 3. The largest absolute Gasteiger partial charge is 0.343 e. The molecule has 0 unspecified atom stereocenters. The molecule has 0 aromatic heterocycles. The van der Waals surface area contributed by atoms with E-state index in [-0.39, 0.29) is 14.7 Å². The van der Waals surface area contributed by atoms with Gasteiger partial charge >= 0.3 is 18.1 Å². The van der Waals surface area contributed by atoms with Gasteiger partial charge in [0.05, 0.1) is 14.7 Å². The Morgan fingerprint density at radius 2 is 0.929 bits per heavy atom. The van der Waals surface area contributed by atoms with Crippen LogP contribution in [0.2, 0.25) is 5.02 Å². The summed E-state index contributed by atoms with van der Waals surface area (Å²) in [6.45, 7) is 9.97. The third kappa shape index (κ3) is 18.0. The van der Waals surface area contributed by atoms with Crippen molar-refractivity contribution >= 4 is 59.8 Å². The van der Waals surface area contributed by atoms with Crippen molar-refractivity contribution < 1.29 is 39.6 Å². The molecule has 1 aliphatic rings. The van der Waals surface area contributed by atoms with Crippen molar-refractivity contribution in [3.05, 3.63) is 88.9 Å². The lowest BCUT2D eigenvalue weighted by molar-refractivity contribution is 0.184. The molecular formula is C36H52ClN7O9S3. The number of hydrogen-bond acceptors (Lipinski definition) is 10. The minimum absolute atomic E-state index is 0.00597. The number of amides is 6. The highest BCUT2D eigenvalue weighted by molar-refractivity contribution is 7.90. The molecule has 0 atom stereocenters. The zero-order chi connectivity index (χ0) is 41.8. The number of sulfonamides is 3. The van der Waals surface area contributed by atoms with Crippen LogP contribution in [0.5, 0.6) is 0 Å². The highest BCUT2D eigenvalue weighted by atomic mass is 35.5. The summed E-state index contributed by atoms with van der Waals surface area (Å²) in [7, 11) is -11.4. The number of nitrogens with one attached hydrogen (secondary N) is 6. The minimum Gasteiger partial charge on any atom is -0.337 e. The van der Waals surface area contributed by atoms with Crippen LogP contribution in [0.15, 0.2) is 87.5 Å². The summed E-state index contributed by atoms with van der Waals surface area (Å²) in [5.41, 5.74) is 4.52. The molecule has 6 N–H and O–H groups in total. The Bertz CT molecular complexity index is 2030. The molecule has 4 rings (SSSR count). The zero-order valence-corrected chi connectivity index (χ0v) is 35.1. The first-order valence-corrected chi connectivity index (χ1v) is 22.8. The van der Waals surface area contributed by atoms with E-state index in [2.05, 4.69) is 16.1 Å². The second-order valence-electron chi connectivity index (χ2n) is 12.6. The van der Waals surface area contributed by atoms with Gasteiger partial charge in [-0.05, 0) is 88.1 Å². The number of hydrazine groups is 1. The summed E-state index contributed by atoms with van der Waals surface area (Å²) >= 11 is 5.64. The van der Waals surface area contributed by atoms with Crippen molar-refractivity contribution in [1.29, 1.82) is 0 Å². The van der Waals surface area contributed by atoms with E-state index in [1.165, 1.54) is 48.5 Å². The van der Waals surface area contributed by atoms with Crippen LogP contribution in [0, 0.1) is 13.8 Å². The molecule has 1 aliphatic heterocycles. The van der Waals surface area contributed by atoms with Gasteiger partial charge in [-0.3, -0.25) is 5.43 Å². The fraction of sp³-hybridized carbons (Fsp3) is 0.417. The average molecular weight is 859 g/mol. The van der Waals surface area contributed by atoms with Crippen LogP contribution >= 0.6 is 11.6 Å². The van der Waals surface area contributed by atoms with Gasteiger partial charge < -0.3 is 10.6 Å². The normalized spacial score (nSPS) is 13.2. The van der Waals surface area contributed by atoms with Gasteiger partial charge in [0.15, 0.2) is 0 Å². The molecule has 0 bridgehead atoms. The maximum absolute atomic E-state index is 12.1. The van der Waals surface area contributed by atoms with E-state index >= 15 is 0 Å². The smallest absolute Gasteiger partial charge is 0.337 e. The van der Waals surface area contributed by atoms with Crippen LogP contribution in [0.1, 0.15) is 69.9 Å². The second kappa shape index (κ2) is 23.6. The van der Waals surface area contributed by atoms with Gasteiger partial charge in [-0.15, -0.1) is 0 Å². The Morgan fingerprint density at radius 1 is 0.554 bits per heavy atom. The van der Waals surface area contributed by atoms with E-state index in [0.717, 1.165) is 69.2 Å². The fourth-order valence-corrected chi connectivity index (χ4v) is 7.51. The lowest BCUT2D eigenvalue weighted by Gasteiger charge is -2.20. The van der Waals surface area contributed by atoms with E-state index in [4.69, 9.17) is 11.6 Å². The number of benzene rings is 3. The first kappa shape index (κ1) is 47.7. The maximum atomic E-state index is 12.1. The molecule has 20 heteroatoms. The van der Waals surface area contributed by atoms with Crippen LogP contribution in [-0.2, 0) is 30.1 Å². The maximum Gasteiger partial charge on any atom is 0.343 e. The molecule has 0 saturated carbocycles. The van der Waals surface area contributed by atoms with E-state index < -0.39 is 48.2 Å². The van der Waals surface area contributed by atoms with Crippen LogP contribution in [0.3, 0.4) is 0 Å². The Balaban J connectivity index is 0.000000292. The molecule has 1 fully saturated rings. The SMILES string of the molecule is CCCCNC(=O)NS(=O)(=O)c1ccc(C)cc1.CCCNC(=O)NS(=O)(=O)c1ccc(Cl)cc1.Cc1ccc(S(=O)(=O)NC(=O)NN2CCCCCC2)cc1. The Hall–Kier alpha value is -4.43.